The summed E-state index contributed by atoms with van der Waals surface area (Å²) in [7, 11) is 0. The molecule has 1 aromatic carbocycles. The minimum absolute atomic E-state index is 0.0310. The molecule has 1 amide bonds. The molecule has 0 bridgehead atoms. The number of carbonyl (C=O) groups excluding carboxylic acids is 1. The molecule has 1 saturated heterocycles. The number of carbonyl (C=O) groups is 1. The summed E-state index contributed by atoms with van der Waals surface area (Å²) in [6.45, 7) is 3.47. The van der Waals surface area contributed by atoms with E-state index in [1.54, 1.807) is 4.68 Å². The van der Waals surface area contributed by atoms with Crippen molar-refractivity contribution in [2.75, 3.05) is 13.1 Å². The zero-order chi connectivity index (χ0) is 17.2. The van der Waals surface area contributed by atoms with Crippen molar-refractivity contribution < 1.29 is 4.79 Å². The van der Waals surface area contributed by atoms with Gasteiger partial charge in [0.1, 0.15) is 6.33 Å². The second-order valence-electron chi connectivity index (χ2n) is 6.35. The number of aryl methyl sites for hydroxylation is 1. The first-order chi connectivity index (χ1) is 12.2. The molecule has 0 unspecified atom stereocenters. The summed E-state index contributed by atoms with van der Waals surface area (Å²) in [6, 6.07) is 7.61. The monoisotopic (exact) mass is 337 g/mol. The lowest BCUT2D eigenvalue weighted by atomic mass is 10.0. The zero-order valence-electron chi connectivity index (χ0n) is 14.0. The first kappa shape index (κ1) is 15.5. The van der Waals surface area contributed by atoms with Gasteiger partial charge in [0.05, 0.1) is 17.9 Å². The van der Waals surface area contributed by atoms with Crippen LogP contribution in [0.4, 0.5) is 0 Å². The van der Waals surface area contributed by atoms with E-state index in [1.165, 1.54) is 6.33 Å². The van der Waals surface area contributed by atoms with Crippen LogP contribution in [0.1, 0.15) is 34.8 Å². The molecule has 1 aliphatic rings. The highest BCUT2D eigenvalue weighted by Crippen LogP contribution is 2.23. The van der Waals surface area contributed by atoms with Gasteiger partial charge in [-0.15, -0.1) is 5.10 Å². The fraction of sp³-hybridized carbons (Fsp3) is 0.353. The van der Waals surface area contributed by atoms with Gasteiger partial charge in [-0.05, 0) is 54.0 Å². The highest BCUT2D eigenvalue weighted by Gasteiger charge is 2.26. The Balaban J connectivity index is 1.53. The first-order valence-electron chi connectivity index (χ1n) is 8.34. The summed E-state index contributed by atoms with van der Waals surface area (Å²) in [5, 5.41) is 15.6. The molecule has 0 radical (unpaired) electrons. The maximum atomic E-state index is 12.9. The lowest BCUT2D eigenvalue weighted by molar-refractivity contribution is 0.0673. The van der Waals surface area contributed by atoms with Crippen LogP contribution in [0, 0.1) is 6.92 Å². The minimum atomic E-state index is 0.0310. The molecule has 1 aliphatic heterocycles. The number of nitrogens with zero attached hydrogens (tertiary/aromatic N) is 7. The molecule has 0 aliphatic carbocycles. The Bertz CT molecular complexity index is 871. The fourth-order valence-electron chi connectivity index (χ4n) is 3.23. The molecule has 3 heterocycles. The molecule has 1 fully saturated rings. The molecular weight excluding hydrogens is 318 g/mol. The van der Waals surface area contributed by atoms with Crippen LogP contribution in [-0.4, -0.2) is 53.9 Å². The molecule has 0 spiro atoms. The van der Waals surface area contributed by atoms with Crippen molar-refractivity contribution in [2.24, 2.45) is 0 Å². The Morgan fingerprint density at radius 2 is 2.24 bits per heavy atom. The molecule has 25 heavy (non-hydrogen) atoms. The van der Waals surface area contributed by atoms with Gasteiger partial charge in [-0.3, -0.25) is 9.48 Å². The van der Waals surface area contributed by atoms with Gasteiger partial charge < -0.3 is 4.90 Å². The summed E-state index contributed by atoms with van der Waals surface area (Å²) in [5.41, 5.74) is 2.55. The van der Waals surface area contributed by atoms with Crippen molar-refractivity contribution >= 4 is 5.91 Å². The first-order valence-corrected chi connectivity index (χ1v) is 8.34. The van der Waals surface area contributed by atoms with Crippen molar-refractivity contribution in [3.8, 4) is 5.69 Å². The smallest absolute Gasteiger partial charge is 0.254 e. The van der Waals surface area contributed by atoms with Gasteiger partial charge in [0, 0.05) is 24.8 Å². The largest absolute Gasteiger partial charge is 0.337 e. The van der Waals surface area contributed by atoms with E-state index in [2.05, 4.69) is 20.6 Å². The third kappa shape index (κ3) is 3.15. The van der Waals surface area contributed by atoms with Crippen molar-refractivity contribution in [1.29, 1.82) is 0 Å². The number of rotatable bonds is 3. The van der Waals surface area contributed by atoms with Gasteiger partial charge in [0.2, 0.25) is 0 Å². The maximum absolute atomic E-state index is 12.9. The predicted molar refractivity (Wildman–Crippen MR) is 90.3 cm³/mol. The molecule has 1 atom stereocenters. The molecule has 8 heteroatoms. The highest BCUT2D eigenvalue weighted by molar-refractivity contribution is 5.94. The summed E-state index contributed by atoms with van der Waals surface area (Å²) in [5.74, 6) is 0.0310. The molecule has 4 rings (SSSR count). The highest BCUT2D eigenvalue weighted by atomic mass is 16.2. The van der Waals surface area contributed by atoms with E-state index >= 15 is 0 Å². The molecule has 0 saturated carbocycles. The number of aromatic nitrogens is 6. The molecular formula is C17H19N7O. The number of tetrazole rings is 1. The van der Waals surface area contributed by atoms with Crippen LogP contribution >= 0.6 is 0 Å². The Morgan fingerprint density at radius 3 is 3.00 bits per heavy atom. The number of hydrogen-bond acceptors (Lipinski definition) is 5. The van der Waals surface area contributed by atoms with Crippen LogP contribution < -0.4 is 0 Å². The number of benzene rings is 1. The second kappa shape index (κ2) is 6.46. The lowest BCUT2D eigenvalue weighted by Crippen LogP contribution is -2.40. The summed E-state index contributed by atoms with van der Waals surface area (Å²) in [6.07, 6.45) is 7.42. The topological polar surface area (TPSA) is 81.7 Å². The van der Waals surface area contributed by atoms with E-state index in [9.17, 15) is 4.79 Å². The van der Waals surface area contributed by atoms with E-state index in [-0.39, 0.29) is 11.9 Å². The SMILES string of the molecule is Cc1cnn([C@H]2CCCN(C(=O)c3cccc(-n4cnnn4)c3)C2)c1. The van der Waals surface area contributed by atoms with Gasteiger partial charge in [0.25, 0.3) is 5.91 Å². The molecule has 3 aromatic rings. The Kier molecular flexibility index (Phi) is 4.01. The fourth-order valence-corrected chi connectivity index (χ4v) is 3.23. The van der Waals surface area contributed by atoms with Crippen LogP contribution in [0.3, 0.4) is 0 Å². The maximum Gasteiger partial charge on any atom is 0.254 e. The summed E-state index contributed by atoms with van der Waals surface area (Å²) in [4.78, 5) is 14.8. The number of piperidine rings is 1. The Labute approximate surface area is 145 Å². The van der Waals surface area contributed by atoms with Crippen molar-refractivity contribution in [3.05, 3.63) is 54.1 Å². The number of hydrogen-bond donors (Lipinski definition) is 0. The average Bonchev–Trinajstić information content (AvgIpc) is 3.33. The standard InChI is InChI=1S/C17H19N7O/c1-13-9-19-23(10-13)16-6-3-7-22(11-16)17(25)14-4-2-5-15(8-14)24-12-18-20-21-24/h2,4-5,8-10,12,16H,3,6-7,11H2,1H3/t16-/m0/s1. The normalized spacial score (nSPS) is 17.6. The third-order valence-electron chi connectivity index (χ3n) is 4.50. The average molecular weight is 337 g/mol. The number of amides is 1. The van der Waals surface area contributed by atoms with Crippen molar-refractivity contribution in [2.45, 2.75) is 25.8 Å². The predicted octanol–water partition coefficient (Wildman–Crippen LogP) is 1.64. The minimum Gasteiger partial charge on any atom is -0.337 e. The molecule has 0 N–H and O–H groups in total. The summed E-state index contributed by atoms with van der Waals surface area (Å²) < 4.78 is 3.52. The van der Waals surface area contributed by atoms with E-state index in [4.69, 9.17) is 0 Å². The van der Waals surface area contributed by atoms with Gasteiger partial charge in [0.15, 0.2) is 0 Å². The number of likely N-dealkylation sites (tertiary alicyclic amines) is 1. The van der Waals surface area contributed by atoms with Gasteiger partial charge in [-0.2, -0.15) is 5.10 Å². The van der Waals surface area contributed by atoms with E-state index < -0.39 is 0 Å². The van der Waals surface area contributed by atoms with Crippen LogP contribution in [0.2, 0.25) is 0 Å². The molecule has 8 nitrogen and oxygen atoms in total. The van der Waals surface area contributed by atoms with E-state index in [1.807, 2.05) is 53.2 Å². The van der Waals surface area contributed by atoms with Crippen LogP contribution in [0.15, 0.2) is 43.0 Å². The van der Waals surface area contributed by atoms with Gasteiger partial charge in [-0.25, -0.2) is 4.68 Å². The Morgan fingerprint density at radius 1 is 1.32 bits per heavy atom. The van der Waals surface area contributed by atoms with Gasteiger partial charge >= 0.3 is 0 Å². The lowest BCUT2D eigenvalue weighted by Gasteiger charge is -2.33. The van der Waals surface area contributed by atoms with E-state index in [0.29, 0.717) is 12.1 Å². The van der Waals surface area contributed by atoms with E-state index in [0.717, 1.165) is 30.6 Å². The van der Waals surface area contributed by atoms with Crippen LogP contribution in [-0.2, 0) is 0 Å². The summed E-state index contributed by atoms with van der Waals surface area (Å²) >= 11 is 0. The third-order valence-corrected chi connectivity index (χ3v) is 4.50. The van der Waals surface area contributed by atoms with Crippen molar-refractivity contribution in [1.82, 2.24) is 34.9 Å². The van der Waals surface area contributed by atoms with Crippen molar-refractivity contribution in [3.63, 3.8) is 0 Å². The quantitative estimate of drug-likeness (QED) is 0.726. The van der Waals surface area contributed by atoms with Gasteiger partial charge in [-0.1, -0.05) is 6.07 Å². The molecule has 2 aromatic heterocycles. The molecule has 128 valence electrons. The second-order valence-corrected chi connectivity index (χ2v) is 6.35. The van der Waals surface area contributed by atoms with Crippen LogP contribution in [0.5, 0.6) is 0 Å². The Hall–Kier alpha value is -3.03. The van der Waals surface area contributed by atoms with Crippen LogP contribution in [0.25, 0.3) is 5.69 Å². The zero-order valence-corrected chi connectivity index (χ0v) is 14.0.